The van der Waals surface area contributed by atoms with Gasteiger partial charge in [0, 0.05) is 24.0 Å². The molecule has 1 amide bonds. The molecule has 21 heavy (non-hydrogen) atoms. The van der Waals surface area contributed by atoms with Gasteiger partial charge < -0.3 is 20.4 Å². The molecular weight excluding hydrogens is 266 g/mol. The summed E-state index contributed by atoms with van der Waals surface area (Å²) in [4.78, 5) is 11.3. The number of aryl methyl sites for hydroxylation is 1. The Bertz CT molecular complexity index is 620. The van der Waals surface area contributed by atoms with E-state index in [2.05, 4.69) is 29.1 Å². The van der Waals surface area contributed by atoms with E-state index in [1.807, 2.05) is 6.07 Å². The largest absolute Gasteiger partial charge is 0.495 e. The number of benzene rings is 1. The summed E-state index contributed by atoms with van der Waals surface area (Å²) in [5, 5.41) is 3.31. The van der Waals surface area contributed by atoms with Crippen LogP contribution in [-0.4, -0.2) is 17.6 Å². The van der Waals surface area contributed by atoms with Crippen molar-refractivity contribution in [2.75, 3.05) is 12.4 Å². The summed E-state index contributed by atoms with van der Waals surface area (Å²) in [5.74, 6) is 0.239. The minimum atomic E-state index is -0.449. The fourth-order valence-electron chi connectivity index (χ4n) is 2.25. The molecule has 0 fully saturated rings. The van der Waals surface area contributed by atoms with Gasteiger partial charge in [-0.1, -0.05) is 6.92 Å². The fourth-order valence-corrected chi connectivity index (χ4v) is 2.25. The number of hydrogen-bond donors (Lipinski definition) is 2. The molecule has 0 unspecified atom stereocenters. The summed E-state index contributed by atoms with van der Waals surface area (Å²) in [5.41, 5.74) is 7.72. The third-order valence-corrected chi connectivity index (χ3v) is 3.33. The first kappa shape index (κ1) is 15.0. The van der Waals surface area contributed by atoms with Gasteiger partial charge in [0.05, 0.1) is 19.3 Å². The van der Waals surface area contributed by atoms with Gasteiger partial charge in [-0.3, -0.25) is 4.79 Å². The van der Waals surface area contributed by atoms with Gasteiger partial charge in [0.2, 0.25) is 5.91 Å². The minimum absolute atomic E-state index is 0.449. The highest BCUT2D eigenvalue weighted by molar-refractivity contribution is 5.94. The third kappa shape index (κ3) is 3.56. The molecule has 2 rings (SSSR count). The molecule has 3 N–H and O–H groups in total. The van der Waals surface area contributed by atoms with Gasteiger partial charge >= 0.3 is 0 Å². The van der Waals surface area contributed by atoms with E-state index in [9.17, 15) is 4.79 Å². The minimum Gasteiger partial charge on any atom is -0.495 e. The van der Waals surface area contributed by atoms with E-state index >= 15 is 0 Å². The van der Waals surface area contributed by atoms with Crippen LogP contribution in [0.2, 0.25) is 0 Å². The number of primary amides is 1. The summed E-state index contributed by atoms with van der Waals surface area (Å²) >= 11 is 0. The van der Waals surface area contributed by atoms with Crippen LogP contribution < -0.4 is 15.8 Å². The number of amides is 1. The molecular formula is C16H21N3O2. The predicted molar refractivity (Wildman–Crippen MR) is 83.6 cm³/mol. The Morgan fingerprint density at radius 2 is 2.19 bits per heavy atom. The number of ether oxygens (including phenoxy) is 1. The molecule has 1 heterocycles. The van der Waals surface area contributed by atoms with Gasteiger partial charge in [0.25, 0.3) is 0 Å². The Hall–Kier alpha value is -2.43. The summed E-state index contributed by atoms with van der Waals surface area (Å²) in [6, 6.07) is 9.23. The molecule has 0 bridgehead atoms. The fraction of sp³-hybridized carbons (Fsp3) is 0.312. The molecule has 0 aliphatic heterocycles. The second kappa shape index (κ2) is 6.83. The molecule has 5 nitrogen and oxygen atoms in total. The number of aromatic nitrogens is 1. The molecule has 5 heteroatoms. The molecule has 0 aliphatic carbocycles. The zero-order chi connectivity index (χ0) is 15.2. The van der Waals surface area contributed by atoms with Crippen molar-refractivity contribution in [3.05, 3.63) is 47.8 Å². The maximum Gasteiger partial charge on any atom is 0.248 e. The first-order valence-corrected chi connectivity index (χ1v) is 7.01. The third-order valence-electron chi connectivity index (χ3n) is 3.33. The molecule has 1 aromatic carbocycles. The highest BCUT2D eigenvalue weighted by atomic mass is 16.5. The average Bonchev–Trinajstić information content (AvgIpc) is 2.92. The molecule has 1 aromatic heterocycles. The van der Waals surface area contributed by atoms with Crippen molar-refractivity contribution in [2.24, 2.45) is 5.73 Å². The lowest BCUT2D eigenvalue weighted by Crippen LogP contribution is -2.12. The molecule has 0 spiro atoms. The van der Waals surface area contributed by atoms with Crippen molar-refractivity contribution in [1.82, 2.24) is 4.57 Å². The SMILES string of the molecule is CCCn1cccc1CNc1cc(C(N)=O)ccc1OC. The van der Waals surface area contributed by atoms with Gasteiger partial charge in [0.1, 0.15) is 5.75 Å². The number of anilines is 1. The van der Waals surface area contributed by atoms with Crippen molar-refractivity contribution in [2.45, 2.75) is 26.4 Å². The second-order valence-corrected chi connectivity index (χ2v) is 4.83. The predicted octanol–water partition coefficient (Wildman–Crippen LogP) is 2.62. The normalized spacial score (nSPS) is 10.4. The number of nitrogens with two attached hydrogens (primary N) is 1. The monoisotopic (exact) mass is 287 g/mol. The van der Waals surface area contributed by atoms with Gasteiger partial charge in [-0.15, -0.1) is 0 Å². The van der Waals surface area contributed by atoms with Gasteiger partial charge in [0.15, 0.2) is 0 Å². The summed E-state index contributed by atoms with van der Waals surface area (Å²) < 4.78 is 7.51. The first-order valence-electron chi connectivity index (χ1n) is 7.01. The van der Waals surface area contributed by atoms with Crippen molar-refractivity contribution in [1.29, 1.82) is 0 Å². The quantitative estimate of drug-likeness (QED) is 0.822. The van der Waals surface area contributed by atoms with E-state index < -0.39 is 5.91 Å². The smallest absolute Gasteiger partial charge is 0.248 e. The van der Waals surface area contributed by atoms with Crippen LogP contribution in [0.15, 0.2) is 36.5 Å². The topological polar surface area (TPSA) is 69.3 Å². The molecule has 112 valence electrons. The van der Waals surface area contributed by atoms with Crippen LogP contribution in [0.25, 0.3) is 0 Å². The molecule has 0 aliphatic rings. The first-order chi connectivity index (χ1) is 10.2. The lowest BCUT2D eigenvalue weighted by atomic mass is 10.1. The molecule has 2 aromatic rings. The Labute approximate surface area is 124 Å². The summed E-state index contributed by atoms with van der Waals surface area (Å²) in [6.07, 6.45) is 3.15. The van der Waals surface area contributed by atoms with Gasteiger partial charge in [-0.25, -0.2) is 0 Å². The van der Waals surface area contributed by atoms with Crippen LogP contribution in [0, 0.1) is 0 Å². The molecule has 0 saturated heterocycles. The van der Waals surface area contributed by atoms with Crippen molar-refractivity contribution in [3.63, 3.8) is 0 Å². The molecule has 0 saturated carbocycles. The highest BCUT2D eigenvalue weighted by Gasteiger charge is 2.08. The van der Waals surface area contributed by atoms with Crippen molar-refractivity contribution in [3.8, 4) is 5.75 Å². The van der Waals surface area contributed by atoms with Gasteiger partial charge in [-0.2, -0.15) is 0 Å². The standard InChI is InChI=1S/C16H21N3O2/c1-3-8-19-9-4-5-13(19)11-18-14-10-12(16(17)20)6-7-15(14)21-2/h4-7,9-10,18H,3,8,11H2,1-2H3,(H2,17,20). The lowest BCUT2D eigenvalue weighted by Gasteiger charge is -2.13. The maximum atomic E-state index is 11.3. The van der Waals surface area contributed by atoms with Gasteiger partial charge in [-0.05, 0) is 36.8 Å². The Morgan fingerprint density at radius 3 is 2.86 bits per heavy atom. The highest BCUT2D eigenvalue weighted by Crippen LogP contribution is 2.26. The summed E-state index contributed by atoms with van der Waals surface area (Å²) in [6.45, 7) is 3.80. The average molecular weight is 287 g/mol. The molecule has 0 atom stereocenters. The van der Waals surface area contributed by atoms with Crippen LogP contribution in [-0.2, 0) is 13.1 Å². The number of hydrogen-bond acceptors (Lipinski definition) is 3. The Balaban J connectivity index is 2.16. The summed E-state index contributed by atoms with van der Waals surface area (Å²) in [7, 11) is 1.60. The van der Waals surface area contributed by atoms with E-state index in [0.717, 1.165) is 18.7 Å². The number of carbonyl (C=O) groups is 1. The number of methoxy groups -OCH3 is 1. The van der Waals surface area contributed by atoms with Crippen molar-refractivity contribution >= 4 is 11.6 Å². The van der Waals surface area contributed by atoms with E-state index in [-0.39, 0.29) is 0 Å². The Morgan fingerprint density at radius 1 is 1.38 bits per heavy atom. The van der Waals surface area contributed by atoms with Crippen LogP contribution in [0.3, 0.4) is 0 Å². The Kier molecular flexibility index (Phi) is 4.87. The van der Waals surface area contributed by atoms with Crippen molar-refractivity contribution < 1.29 is 9.53 Å². The number of nitrogens with zero attached hydrogens (tertiary/aromatic N) is 1. The number of nitrogens with one attached hydrogen (secondary N) is 1. The van der Waals surface area contributed by atoms with E-state index in [0.29, 0.717) is 17.9 Å². The lowest BCUT2D eigenvalue weighted by molar-refractivity contribution is 0.100. The van der Waals surface area contributed by atoms with Crippen LogP contribution >= 0.6 is 0 Å². The number of carbonyl (C=O) groups excluding carboxylic acids is 1. The number of rotatable bonds is 7. The zero-order valence-corrected chi connectivity index (χ0v) is 12.4. The van der Waals surface area contributed by atoms with E-state index in [1.54, 1.807) is 25.3 Å². The van der Waals surface area contributed by atoms with E-state index in [1.165, 1.54) is 5.69 Å². The van der Waals surface area contributed by atoms with Crippen LogP contribution in [0.5, 0.6) is 5.75 Å². The second-order valence-electron chi connectivity index (χ2n) is 4.83. The van der Waals surface area contributed by atoms with E-state index in [4.69, 9.17) is 10.5 Å². The zero-order valence-electron chi connectivity index (χ0n) is 12.4. The maximum absolute atomic E-state index is 11.3. The molecule has 0 radical (unpaired) electrons. The van der Waals surface area contributed by atoms with Crippen LogP contribution in [0.1, 0.15) is 29.4 Å². The van der Waals surface area contributed by atoms with Crippen LogP contribution in [0.4, 0.5) is 5.69 Å².